The van der Waals surface area contributed by atoms with E-state index in [0.29, 0.717) is 19.4 Å². The molecule has 2 N–H and O–H groups in total. The maximum Gasteiger partial charge on any atom is 0.106 e. The van der Waals surface area contributed by atoms with Gasteiger partial charge in [-0.15, -0.1) is 0 Å². The van der Waals surface area contributed by atoms with Gasteiger partial charge in [-0.2, -0.15) is 0 Å². The predicted octanol–water partition coefficient (Wildman–Crippen LogP) is 1.47. The highest BCUT2D eigenvalue weighted by atomic mass is 16.5. The molecule has 1 saturated carbocycles. The molecule has 1 atom stereocenters. The third kappa shape index (κ3) is 3.23. The molecule has 84 valence electrons. The first-order valence-corrected chi connectivity index (χ1v) is 5.67. The van der Waals surface area contributed by atoms with Gasteiger partial charge in [0.15, 0.2) is 0 Å². The van der Waals surface area contributed by atoms with Crippen LogP contribution in [0.3, 0.4) is 0 Å². The molecule has 0 heterocycles. The monoisotopic (exact) mass is 202 g/mol. The third-order valence-corrected chi connectivity index (χ3v) is 3.07. The standard InChI is InChI=1S/C11H22O3/c1-2-14-9-10(12)11(13)7-5-3-4-6-8-11/h10,12-13H,2-9H2,1H3. The molecule has 0 amide bonds. The van der Waals surface area contributed by atoms with Gasteiger partial charge in [0.25, 0.3) is 0 Å². The Morgan fingerprint density at radius 3 is 2.29 bits per heavy atom. The normalized spacial score (nSPS) is 24.2. The summed E-state index contributed by atoms with van der Waals surface area (Å²) in [6, 6.07) is 0. The van der Waals surface area contributed by atoms with Gasteiger partial charge in [-0.1, -0.05) is 25.7 Å². The van der Waals surface area contributed by atoms with Crippen LogP contribution < -0.4 is 0 Å². The Hall–Kier alpha value is -0.120. The summed E-state index contributed by atoms with van der Waals surface area (Å²) in [6.45, 7) is 2.74. The van der Waals surface area contributed by atoms with Crippen LogP contribution in [0.1, 0.15) is 45.4 Å². The summed E-state index contributed by atoms with van der Waals surface area (Å²) in [5.41, 5.74) is -0.897. The number of aliphatic hydroxyl groups is 2. The predicted molar refractivity (Wildman–Crippen MR) is 55.2 cm³/mol. The summed E-state index contributed by atoms with van der Waals surface area (Å²) >= 11 is 0. The topological polar surface area (TPSA) is 49.7 Å². The highest BCUT2D eigenvalue weighted by molar-refractivity contribution is 4.87. The number of hydrogen-bond acceptors (Lipinski definition) is 3. The summed E-state index contributed by atoms with van der Waals surface area (Å²) in [4.78, 5) is 0. The molecule has 3 nitrogen and oxygen atoms in total. The first kappa shape index (κ1) is 12.0. The molecule has 1 unspecified atom stereocenters. The largest absolute Gasteiger partial charge is 0.388 e. The van der Waals surface area contributed by atoms with Gasteiger partial charge in [0.05, 0.1) is 12.2 Å². The van der Waals surface area contributed by atoms with Crippen LogP contribution in [0.25, 0.3) is 0 Å². The van der Waals surface area contributed by atoms with Crippen molar-refractivity contribution in [3.05, 3.63) is 0 Å². The van der Waals surface area contributed by atoms with Crippen LogP contribution >= 0.6 is 0 Å². The lowest BCUT2D eigenvalue weighted by atomic mass is 9.89. The van der Waals surface area contributed by atoms with E-state index in [1.54, 1.807) is 0 Å². The fourth-order valence-corrected chi connectivity index (χ4v) is 2.06. The van der Waals surface area contributed by atoms with Gasteiger partial charge in [-0.3, -0.25) is 0 Å². The van der Waals surface area contributed by atoms with Gasteiger partial charge >= 0.3 is 0 Å². The Bertz CT molecular complexity index is 151. The molecular formula is C11H22O3. The Labute approximate surface area is 86.1 Å². The van der Waals surface area contributed by atoms with Crippen molar-refractivity contribution < 1.29 is 14.9 Å². The summed E-state index contributed by atoms with van der Waals surface area (Å²) in [7, 11) is 0. The van der Waals surface area contributed by atoms with Gasteiger partial charge in [0.2, 0.25) is 0 Å². The van der Waals surface area contributed by atoms with Crippen LogP contribution in [0.2, 0.25) is 0 Å². The maximum atomic E-state index is 10.2. The molecule has 1 rings (SSSR count). The van der Waals surface area contributed by atoms with E-state index in [1.165, 1.54) is 12.8 Å². The van der Waals surface area contributed by atoms with Crippen molar-refractivity contribution in [1.82, 2.24) is 0 Å². The third-order valence-electron chi connectivity index (χ3n) is 3.07. The number of hydrogen-bond donors (Lipinski definition) is 2. The van der Waals surface area contributed by atoms with Gasteiger partial charge in [0, 0.05) is 6.61 Å². The molecular weight excluding hydrogens is 180 g/mol. The number of ether oxygens (including phenoxy) is 1. The molecule has 1 fully saturated rings. The fraction of sp³-hybridized carbons (Fsp3) is 1.00. The minimum Gasteiger partial charge on any atom is -0.388 e. The van der Waals surface area contributed by atoms with Gasteiger partial charge in [-0.05, 0) is 19.8 Å². The fourth-order valence-electron chi connectivity index (χ4n) is 2.06. The van der Waals surface area contributed by atoms with Crippen LogP contribution in [-0.2, 0) is 4.74 Å². The van der Waals surface area contributed by atoms with Crippen LogP contribution in [0.5, 0.6) is 0 Å². The Morgan fingerprint density at radius 1 is 1.21 bits per heavy atom. The first-order valence-electron chi connectivity index (χ1n) is 5.67. The van der Waals surface area contributed by atoms with Crippen LogP contribution in [-0.4, -0.2) is 35.1 Å². The summed E-state index contributed by atoms with van der Waals surface area (Å²) in [5, 5.41) is 20.0. The molecule has 0 aromatic heterocycles. The molecule has 0 aromatic carbocycles. The van der Waals surface area contributed by atoms with Crippen molar-refractivity contribution in [2.45, 2.75) is 57.2 Å². The molecule has 0 aromatic rings. The lowest BCUT2D eigenvalue weighted by Gasteiger charge is -2.31. The van der Waals surface area contributed by atoms with Gasteiger partial charge in [-0.25, -0.2) is 0 Å². The van der Waals surface area contributed by atoms with Crippen molar-refractivity contribution in [2.75, 3.05) is 13.2 Å². The minimum absolute atomic E-state index is 0.257. The number of aliphatic hydroxyl groups excluding tert-OH is 1. The first-order chi connectivity index (χ1) is 6.69. The van der Waals surface area contributed by atoms with E-state index in [4.69, 9.17) is 4.74 Å². The SMILES string of the molecule is CCOCC(O)C1(O)CCCCCC1. The molecule has 0 radical (unpaired) electrons. The molecule has 14 heavy (non-hydrogen) atoms. The lowest BCUT2D eigenvalue weighted by molar-refractivity contribution is -0.113. The van der Waals surface area contributed by atoms with E-state index in [2.05, 4.69) is 0 Å². The summed E-state index contributed by atoms with van der Waals surface area (Å²) < 4.78 is 5.14. The average molecular weight is 202 g/mol. The van der Waals surface area contributed by atoms with E-state index in [1.807, 2.05) is 6.92 Å². The van der Waals surface area contributed by atoms with E-state index < -0.39 is 11.7 Å². The van der Waals surface area contributed by atoms with Crippen LogP contribution in [0.4, 0.5) is 0 Å². The Morgan fingerprint density at radius 2 is 1.79 bits per heavy atom. The van der Waals surface area contributed by atoms with Gasteiger partial charge < -0.3 is 14.9 Å². The van der Waals surface area contributed by atoms with E-state index in [0.717, 1.165) is 12.8 Å². The molecule has 0 bridgehead atoms. The summed E-state index contributed by atoms with van der Waals surface area (Å²) in [5.74, 6) is 0. The Balaban J connectivity index is 2.43. The number of rotatable bonds is 4. The van der Waals surface area contributed by atoms with Gasteiger partial charge in [0.1, 0.15) is 6.10 Å². The van der Waals surface area contributed by atoms with Crippen molar-refractivity contribution >= 4 is 0 Å². The maximum absolute atomic E-state index is 10.2. The highest BCUT2D eigenvalue weighted by Crippen LogP contribution is 2.29. The zero-order valence-corrected chi connectivity index (χ0v) is 9.04. The zero-order chi connectivity index (χ0) is 10.4. The second-order valence-corrected chi connectivity index (χ2v) is 4.19. The zero-order valence-electron chi connectivity index (χ0n) is 9.04. The molecule has 0 spiro atoms. The second-order valence-electron chi connectivity index (χ2n) is 4.19. The highest BCUT2D eigenvalue weighted by Gasteiger charge is 2.35. The quantitative estimate of drug-likeness (QED) is 0.679. The van der Waals surface area contributed by atoms with Crippen molar-refractivity contribution in [2.24, 2.45) is 0 Å². The van der Waals surface area contributed by atoms with Crippen LogP contribution in [0.15, 0.2) is 0 Å². The van der Waals surface area contributed by atoms with E-state index in [9.17, 15) is 10.2 Å². The Kier molecular flexibility index (Phi) is 4.85. The summed E-state index contributed by atoms with van der Waals surface area (Å²) in [6.07, 6.45) is 5.07. The van der Waals surface area contributed by atoms with Crippen molar-refractivity contribution in [3.63, 3.8) is 0 Å². The molecule has 0 saturated heterocycles. The smallest absolute Gasteiger partial charge is 0.106 e. The average Bonchev–Trinajstić information content (AvgIpc) is 2.40. The van der Waals surface area contributed by atoms with E-state index in [-0.39, 0.29) is 6.61 Å². The minimum atomic E-state index is -0.897. The van der Waals surface area contributed by atoms with Crippen molar-refractivity contribution in [3.8, 4) is 0 Å². The molecule has 1 aliphatic carbocycles. The lowest BCUT2D eigenvalue weighted by Crippen LogP contribution is -2.44. The molecule has 1 aliphatic rings. The van der Waals surface area contributed by atoms with E-state index >= 15 is 0 Å². The van der Waals surface area contributed by atoms with Crippen LogP contribution in [0, 0.1) is 0 Å². The van der Waals surface area contributed by atoms with Crippen molar-refractivity contribution in [1.29, 1.82) is 0 Å². The second kappa shape index (κ2) is 5.69. The molecule has 3 heteroatoms. The molecule has 0 aliphatic heterocycles.